The quantitative estimate of drug-likeness (QED) is 0.873. The summed E-state index contributed by atoms with van der Waals surface area (Å²) < 4.78 is 27.4. The molecular formula is C17H20N2O2S. The maximum Gasteiger partial charge on any atom is 0.243 e. The lowest BCUT2D eigenvalue weighted by atomic mass is 10.1. The van der Waals surface area contributed by atoms with Gasteiger partial charge in [0.2, 0.25) is 10.0 Å². The molecular weight excluding hydrogens is 296 g/mol. The van der Waals surface area contributed by atoms with Crippen LogP contribution in [-0.4, -0.2) is 24.3 Å². The van der Waals surface area contributed by atoms with Crippen LogP contribution in [-0.2, 0) is 10.0 Å². The van der Waals surface area contributed by atoms with Crippen LogP contribution in [0.2, 0.25) is 0 Å². The molecule has 0 radical (unpaired) electrons. The second-order valence-electron chi connectivity index (χ2n) is 5.79. The summed E-state index contributed by atoms with van der Waals surface area (Å²) in [5, 5.41) is 0. The molecule has 0 spiro atoms. The van der Waals surface area contributed by atoms with Crippen LogP contribution >= 0.6 is 0 Å². The summed E-state index contributed by atoms with van der Waals surface area (Å²) in [5.74, 6) is 0. The molecule has 0 amide bonds. The highest BCUT2D eigenvalue weighted by molar-refractivity contribution is 7.89. The number of hydrogen-bond acceptors (Lipinski definition) is 3. The maximum absolute atomic E-state index is 12.9. The Balaban J connectivity index is 1.97. The minimum absolute atomic E-state index is 0.161. The van der Waals surface area contributed by atoms with E-state index in [4.69, 9.17) is 0 Å². The van der Waals surface area contributed by atoms with Gasteiger partial charge in [0.25, 0.3) is 0 Å². The second kappa shape index (κ2) is 5.82. The molecule has 0 aliphatic carbocycles. The molecule has 0 saturated carbocycles. The van der Waals surface area contributed by atoms with Crippen molar-refractivity contribution in [3.8, 4) is 0 Å². The van der Waals surface area contributed by atoms with Crippen molar-refractivity contribution in [2.24, 2.45) is 0 Å². The van der Waals surface area contributed by atoms with Crippen LogP contribution in [0.3, 0.4) is 0 Å². The first-order valence-corrected chi connectivity index (χ1v) is 8.94. The number of aromatic nitrogens is 1. The molecule has 0 N–H and O–H groups in total. The van der Waals surface area contributed by atoms with Gasteiger partial charge < -0.3 is 0 Å². The lowest BCUT2D eigenvalue weighted by Crippen LogP contribution is -2.31. The summed E-state index contributed by atoms with van der Waals surface area (Å²) in [6, 6.07) is 12.7. The van der Waals surface area contributed by atoms with E-state index in [1.54, 1.807) is 16.4 Å². The molecule has 1 atom stereocenters. The first-order valence-electron chi connectivity index (χ1n) is 7.50. The highest BCUT2D eigenvalue weighted by Crippen LogP contribution is 2.35. The van der Waals surface area contributed by atoms with Gasteiger partial charge in [-0.1, -0.05) is 23.8 Å². The molecule has 3 rings (SSSR count). The van der Waals surface area contributed by atoms with Gasteiger partial charge in [-0.15, -0.1) is 0 Å². The summed E-state index contributed by atoms with van der Waals surface area (Å²) >= 11 is 0. The third-order valence-electron chi connectivity index (χ3n) is 4.08. The van der Waals surface area contributed by atoms with E-state index >= 15 is 0 Å². The monoisotopic (exact) mass is 316 g/mol. The molecule has 4 nitrogen and oxygen atoms in total. The van der Waals surface area contributed by atoms with Gasteiger partial charge in [0, 0.05) is 12.2 Å². The molecule has 1 aromatic heterocycles. The Morgan fingerprint density at radius 2 is 1.82 bits per heavy atom. The van der Waals surface area contributed by atoms with Crippen molar-refractivity contribution in [3.63, 3.8) is 0 Å². The van der Waals surface area contributed by atoms with E-state index in [0.29, 0.717) is 11.4 Å². The van der Waals surface area contributed by atoms with E-state index in [1.165, 1.54) is 0 Å². The summed E-state index contributed by atoms with van der Waals surface area (Å²) in [5.41, 5.74) is 2.81. The third kappa shape index (κ3) is 2.78. The second-order valence-corrected chi connectivity index (χ2v) is 7.68. The Labute approximate surface area is 131 Å². The van der Waals surface area contributed by atoms with E-state index in [2.05, 4.69) is 4.98 Å². The van der Waals surface area contributed by atoms with Gasteiger partial charge in [-0.25, -0.2) is 8.42 Å². The van der Waals surface area contributed by atoms with Crippen molar-refractivity contribution < 1.29 is 8.42 Å². The number of sulfonamides is 1. The predicted octanol–water partition coefficient (Wildman–Crippen LogP) is 3.22. The van der Waals surface area contributed by atoms with E-state index in [9.17, 15) is 8.42 Å². The Kier molecular flexibility index (Phi) is 4.02. The number of hydrogen-bond donors (Lipinski definition) is 0. The topological polar surface area (TPSA) is 50.3 Å². The molecule has 0 unspecified atom stereocenters. The number of pyridine rings is 1. The van der Waals surface area contributed by atoms with Crippen LogP contribution in [0.1, 0.15) is 35.8 Å². The average Bonchev–Trinajstić information content (AvgIpc) is 2.98. The SMILES string of the molecule is Cc1ccc(S(=O)(=O)N2CCC[C@@H]2c2cccc(C)n2)cc1. The fourth-order valence-electron chi connectivity index (χ4n) is 2.92. The van der Waals surface area contributed by atoms with Gasteiger partial charge in [0.1, 0.15) is 0 Å². The lowest BCUT2D eigenvalue weighted by molar-refractivity contribution is 0.390. The molecule has 5 heteroatoms. The number of aryl methyl sites for hydroxylation is 2. The van der Waals surface area contributed by atoms with Crippen LogP contribution < -0.4 is 0 Å². The van der Waals surface area contributed by atoms with Gasteiger partial charge in [0.05, 0.1) is 16.6 Å². The van der Waals surface area contributed by atoms with Crippen molar-refractivity contribution in [2.75, 3.05) is 6.54 Å². The lowest BCUT2D eigenvalue weighted by Gasteiger charge is -2.24. The fraction of sp³-hybridized carbons (Fsp3) is 0.353. The Hall–Kier alpha value is -1.72. The molecule has 1 fully saturated rings. The standard InChI is InChI=1S/C17H20N2O2S/c1-13-8-10-15(11-9-13)22(20,21)19-12-4-7-17(19)16-6-3-5-14(2)18-16/h3,5-6,8-11,17H,4,7,12H2,1-2H3/t17-/m1/s1. The molecule has 2 heterocycles. The Morgan fingerprint density at radius 1 is 1.09 bits per heavy atom. The van der Waals surface area contributed by atoms with Crippen LogP contribution in [0.15, 0.2) is 47.4 Å². The molecule has 2 aromatic rings. The van der Waals surface area contributed by atoms with Gasteiger partial charge in [-0.05, 0) is 51.0 Å². The highest BCUT2D eigenvalue weighted by Gasteiger charge is 2.36. The van der Waals surface area contributed by atoms with Crippen molar-refractivity contribution in [2.45, 2.75) is 37.6 Å². The normalized spacial score (nSPS) is 19.5. The van der Waals surface area contributed by atoms with Crippen LogP contribution in [0.4, 0.5) is 0 Å². The first kappa shape index (κ1) is 15.2. The first-order chi connectivity index (χ1) is 10.5. The van der Waals surface area contributed by atoms with Crippen LogP contribution in [0.5, 0.6) is 0 Å². The largest absolute Gasteiger partial charge is 0.256 e. The van der Waals surface area contributed by atoms with Crippen molar-refractivity contribution >= 4 is 10.0 Å². The van der Waals surface area contributed by atoms with E-state index in [1.807, 2.05) is 44.2 Å². The van der Waals surface area contributed by atoms with Gasteiger partial charge >= 0.3 is 0 Å². The Morgan fingerprint density at radius 3 is 2.50 bits per heavy atom. The zero-order valence-corrected chi connectivity index (χ0v) is 13.7. The molecule has 1 aliphatic rings. The minimum atomic E-state index is -3.47. The van der Waals surface area contributed by atoms with Crippen molar-refractivity contribution in [1.82, 2.24) is 9.29 Å². The average molecular weight is 316 g/mol. The van der Waals surface area contributed by atoms with Crippen LogP contribution in [0, 0.1) is 13.8 Å². The molecule has 1 aliphatic heterocycles. The summed E-state index contributed by atoms with van der Waals surface area (Å²) in [6.45, 7) is 4.43. The number of rotatable bonds is 3. The predicted molar refractivity (Wildman–Crippen MR) is 86.0 cm³/mol. The van der Waals surface area contributed by atoms with Crippen LogP contribution in [0.25, 0.3) is 0 Å². The maximum atomic E-state index is 12.9. The zero-order valence-electron chi connectivity index (χ0n) is 12.9. The number of nitrogens with zero attached hydrogens (tertiary/aromatic N) is 2. The fourth-order valence-corrected chi connectivity index (χ4v) is 4.59. The number of benzene rings is 1. The summed E-state index contributed by atoms with van der Waals surface area (Å²) in [4.78, 5) is 4.88. The van der Waals surface area contributed by atoms with Crippen molar-refractivity contribution in [3.05, 3.63) is 59.4 Å². The Bertz CT molecular complexity index is 770. The molecule has 1 saturated heterocycles. The third-order valence-corrected chi connectivity index (χ3v) is 6.00. The minimum Gasteiger partial charge on any atom is -0.256 e. The van der Waals surface area contributed by atoms with Gasteiger partial charge in [0.15, 0.2) is 0 Å². The molecule has 22 heavy (non-hydrogen) atoms. The summed E-state index contributed by atoms with van der Waals surface area (Å²) in [7, 11) is -3.47. The van der Waals surface area contributed by atoms with Crippen molar-refractivity contribution in [1.29, 1.82) is 0 Å². The molecule has 0 bridgehead atoms. The van der Waals surface area contributed by atoms with E-state index in [-0.39, 0.29) is 6.04 Å². The molecule has 1 aromatic carbocycles. The van der Waals surface area contributed by atoms with Gasteiger partial charge in [-0.3, -0.25) is 4.98 Å². The van der Waals surface area contributed by atoms with Gasteiger partial charge in [-0.2, -0.15) is 4.31 Å². The zero-order chi connectivity index (χ0) is 15.7. The summed E-state index contributed by atoms with van der Waals surface area (Å²) in [6.07, 6.45) is 1.69. The smallest absolute Gasteiger partial charge is 0.243 e. The molecule has 116 valence electrons. The van der Waals surface area contributed by atoms with E-state index in [0.717, 1.165) is 29.8 Å². The highest BCUT2D eigenvalue weighted by atomic mass is 32.2. The van der Waals surface area contributed by atoms with E-state index < -0.39 is 10.0 Å².